The molecule has 0 spiro atoms. The molecular weight excluding hydrogens is 323 g/mol. The van der Waals surface area contributed by atoms with Gasteiger partial charge in [-0.1, -0.05) is 29.8 Å². The van der Waals surface area contributed by atoms with Gasteiger partial charge in [-0.25, -0.2) is 4.39 Å². The number of benzene rings is 2. The van der Waals surface area contributed by atoms with Crippen molar-refractivity contribution in [1.82, 2.24) is 5.32 Å². The lowest BCUT2D eigenvalue weighted by molar-refractivity contribution is -0.136. The lowest BCUT2D eigenvalue weighted by Crippen LogP contribution is -2.43. The molecule has 132 valence electrons. The van der Waals surface area contributed by atoms with Crippen molar-refractivity contribution in [2.75, 3.05) is 11.9 Å². The molecule has 0 heterocycles. The molecule has 3 N–H and O–H groups in total. The van der Waals surface area contributed by atoms with Gasteiger partial charge < -0.3 is 15.7 Å². The Bertz CT molecular complexity index is 786. The number of aliphatic hydroxyl groups is 1. The van der Waals surface area contributed by atoms with Crippen molar-refractivity contribution in [3.8, 4) is 0 Å². The Kier molecular flexibility index (Phi) is 5.54. The van der Waals surface area contributed by atoms with Crippen LogP contribution in [0.4, 0.5) is 10.1 Å². The van der Waals surface area contributed by atoms with Crippen LogP contribution in [0.5, 0.6) is 0 Å². The van der Waals surface area contributed by atoms with Crippen LogP contribution in [0.1, 0.15) is 23.6 Å². The van der Waals surface area contributed by atoms with Crippen LogP contribution in [0.3, 0.4) is 0 Å². The highest BCUT2D eigenvalue weighted by Crippen LogP contribution is 2.20. The highest BCUT2D eigenvalue weighted by atomic mass is 19.1. The summed E-state index contributed by atoms with van der Waals surface area (Å²) in [5, 5.41) is 15.3. The molecule has 0 radical (unpaired) electrons. The molecule has 0 fully saturated rings. The Hall–Kier alpha value is -2.73. The smallest absolute Gasteiger partial charge is 0.313 e. The predicted molar refractivity (Wildman–Crippen MR) is 93.5 cm³/mol. The van der Waals surface area contributed by atoms with Gasteiger partial charge in [0.15, 0.2) is 0 Å². The molecule has 6 heteroatoms. The van der Waals surface area contributed by atoms with Crippen LogP contribution in [0.2, 0.25) is 0 Å². The number of carbonyl (C=O) groups excluding carboxylic acids is 2. The molecule has 5 nitrogen and oxygen atoms in total. The second kappa shape index (κ2) is 7.44. The van der Waals surface area contributed by atoms with E-state index in [-0.39, 0.29) is 6.54 Å². The fourth-order valence-corrected chi connectivity index (χ4v) is 2.38. The van der Waals surface area contributed by atoms with Crippen molar-refractivity contribution in [2.45, 2.75) is 26.4 Å². The van der Waals surface area contributed by atoms with E-state index >= 15 is 0 Å². The molecule has 2 amide bonds. The van der Waals surface area contributed by atoms with Gasteiger partial charge >= 0.3 is 11.8 Å². The minimum absolute atomic E-state index is 0.183. The number of amides is 2. The van der Waals surface area contributed by atoms with Crippen LogP contribution >= 0.6 is 0 Å². The van der Waals surface area contributed by atoms with Crippen molar-refractivity contribution in [2.24, 2.45) is 0 Å². The van der Waals surface area contributed by atoms with E-state index in [4.69, 9.17) is 0 Å². The molecule has 1 unspecified atom stereocenters. The van der Waals surface area contributed by atoms with Crippen molar-refractivity contribution < 1.29 is 19.1 Å². The molecule has 25 heavy (non-hydrogen) atoms. The zero-order valence-corrected chi connectivity index (χ0v) is 14.4. The minimum Gasteiger partial charge on any atom is -0.384 e. The number of halogens is 1. The summed E-state index contributed by atoms with van der Waals surface area (Å²) in [4.78, 5) is 24.0. The lowest BCUT2D eigenvalue weighted by atomic mass is 9.96. The van der Waals surface area contributed by atoms with Gasteiger partial charge in [-0.05, 0) is 50.1 Å². The van der Waals surface area contributed by atoms with Gasteiger partial charge in [0.2, 0.25) is 0 Å². The SMILES string of the molecule is Cc1ccc(NC(=O)C(=O)NCC(C)(O)c2ccc(F)cc2)c(C)c1. The zero-order valence-electron chi connectivity index (χ0n) is 14.4. The second-order valence-electron chi connectivity index (χ2n) is 6.24. The van der Waals surface area contributed by atoms with E-state index in [0.29, 0.717) is 11.3 Å². The normalized spacial score (nSPS) is 13.0. The fraction of sp³-hybridized carbons (Fsp3) is 0.263. The Balaban J connectivity index is 1.96. The summed E-state index contributed by atoms with van der Waals surface area (Å²) < 4.78 is 13.0. The van der Waals surface area contributed by atoms with E-state index in [1.54, 1.807) is 6.07 Å². The third kappa shape index (κ3) is 4.87. The minimum atomic E-state index is -1.43. The number of aryl methyl sites for hydroxylation is 2. The summed E-state index contributed by atoms with van der Waals surface area (Å²) in [6.45, 7) is 5.06. The molecule has 2 aromatic rings. The van der Waals surface area contributed by atoms with Gasteiger partial charge in [0.05, 0.1) is 6.54 Å². The third-order valence-electron chi connectivity index (χ3n) is 3.90. The maximum atomic E-state index is 13.0. The van der Waals surface area contributed by atoms with Gasteiger partial charge in [-0.3, -0.25) is 9.59 Å². The van der Waals surface area contributed by atoms with Crippen LogP contribution in [0, 0.1) is 19.7 Å². The van der Waals surface area contributed by atoms with Gasteiger partial charge in [0.25, 0.3) is 0 Å². The Morgan fingerprint density at radius 1 is 1.08 bits per heavy atom. The molecule has 0 aliphatic carbocycles. The number of nitrogens with one attached hydrogen (secondary N) is 2. The van der Waals surface area contributed by atoms with Crippen molar-refractivity contribution in [3.05, 3.63) is 65.0 Å². The summed E-state index contributed by atoms with van der Waals surface area (Å²) >= 11 is 0. The van der Waals surface area contributed by atoms with E-state index in [9.17, 15) is 19.1 Å². The first-order valence-electron chi connectivity index (χ1n) is 7.84. The molecule has 0 saturated heterocycles. The Morgan fingerprint density at radius 2 is 1.72 bits per heavy atom. The van der Waals surface area contributed by atoms with Crippen molar-refractivity contribution >= 4 is 17.5 Å². The molecule has 0 bridgehead atoms. The van der Waals surface area contributed by atoms with Crippen LogP contribution in [0.25, 0.3) is 0 Å². The van der Waals surface area contributed by atoms with Crippen molar-refractivity contribution in [1.29, 1.82) is 0 Å². The fourth-order valence-electron chi connectivity index (χ4n) is 2.38. The highest BCUT2D eigenvalue weighted by molar-refractivity contribution is 6.39. The monoisotopic (exact) mass is 344 g/mol. The average molecular weight is 344 g/mol. The lowest BCUT2D eigenvalue weighted by Gasteiger charge is -2.24. The molecule has 2 rings (SSSR count). The maximum absolute atomic E-state index is 13.0. The number of carbonyl (C=O) groups is 2. The topological polar surface area (TPSA) is 78.4 Å². The first kappa shape index (κ1) is 18.6. The van der Waals surface area contributed by atoms with E-state index < -0.39 is 23.2 Å². The summed E-state index contributed by atoms with van der Waals surface area (Å²) in [7, 11) is 0. The van der Waals surface area contributed by atoms with E-state index in [2.05, 4.69) is 10.6 Å². The standard InChI is InChI=1S/C19H21FN2O3/c1-12-4-9-16(13(2)10-12)22-18(24)17(23)21-11-19(3,25)14-5-7-15(20)8-6-14/h4-10,25H,11H2,1-3H3,(H,21,23)(H,22,24). The van der Waals surface area contributed by atoms with E-state index in [1.165, 1.54) is 31.2 Å². The first-order chi connectivity index (χ1) is 11.7. The van der Waals surface area contributed by atoms with Crippen molar-refractivity contribution in [3.63, 3.8) is 0 Å². The Morgan fingerprint density at radius 3 is 2.32 bits per heavy atom. The van der Waals surface area contributed by atoms with Crippen LogP contribution in [0.15, 0.2) is 42.5 Å². The van der Waals surface area contributed by atoms with Gasteiger partial charge in [0, 0.05) is 5.69 Å². The molecule has 1 atom stereocenters. The summed E-state index contributed by atoms with van der Waals surface area (Å²) in [6.07, 6.45) is 0. The van der Waals surface area contributed by atoms with E-state index in [1.807, 2.05) is 26.0 Å². The second-order valence-corrected chi connectivity index (χ2v) is 6.24. The molecule has 0 saturated carbocycles. The maximum Gasteiger partial charge on any atom is 0.313 e. The summed E-state index contributed by atoms with van der Waals surface area (Å²) in [6, 6.07) is 10.8. The number of hydrogen-bond donors (Lipinski definition) is 3. The first-order valence-corrected chi connectivity index (χ1v) is 7.84. The number of hydrogen-bond acceptors (Lipinski definition) is 3. The largest absolute Gasteiger partial charge is 0.384 e. The summed E-state index contributed by atoms with van der Waals surface area (Å²) in [5.41, 5.74) is 1.46. The predicted octanol–water partition coefficient (Wildman–Crippen LogP) is 2.40. The van der Waals surface area contributed by atoms with Gasteiger partial charge in [0.1, 0.15) is 11.4 Å². The third-order valence-corrected chi connectivity index (χ3v) is 3.90. The molecule has 0 aliphatic heterocycles. The number of anilines is 1. The quantitative estimate of drug-likeness (QED) is 0.745. The highest BCUT2D eigenvalue weighted by Gasteiger charge is 2.25. The van der Waals surface area contributed by atoms with Crippen LogP contribution < -0.4 is 10.6 Å². The van der Waals surface area contributed by atoms with Crippen LogP contribution in [-0.4, -0.2) is 23.5 Å². The molecule has 0 aliphatic rings. The average Bonchev–Trinajstić information content (AvgIpc) is 2.55. The molecule has 2 aromatic carbocycles. The zero-order chi connectivity index (χ0) is 18.6. The van der Waals surface area contributed by atoms with E-state index in [0.717, 1.165) is 11.1 Å². The van der Waals surface area contributed by atoms with Gasteiger partial charge in [-0.2, -0.15) is 0 Å². The molecule has 0 aromatic heterocycles. The Labute approximate surface area is 145 Å². The molecular formula is C19H21FN2O3. The summed E-state index contributed by atoms with van der Waals surface area (Å²) in [5.74, 6) is -2.10. The van der Waals surface area contributed by atoms with Crippen LogP contribution in [-0.2, 0) is 15.2 Å². The van der Waals surface area contributed by atoms with Gasteiger partial charge in [-0.15, -0.1) is 0 Å². The number of rotatable bonds is 4.